The number of rotatable bonds is 8. The van der Waals surface area contributed by atoms with Crippen LogP contribution < -0.4 is 11.1 Å². The molecule has 1 amide bonds. The fourth-order valence-electron chi connectivity index (χ4n) is 0.949. The van der Waals surface area contributed by atoms with Crippen LogP contribution in [0.4, 0.5) is 0 Å². The summed E-state index contributed by atoms with van der Waals surface area (Å²) in [7, 11) is 0. The van der Waals surface area contributed by atoms with Crippen molar-refractivity contribution in [2.45, 2.75) is 39.2 Å². The van der Waals surface area contributed by atoms with Crippen LogP contribution in [0.1, 0.15) is 33.1 Å². The Hall–Kier alpha value is -0.610. The molecule has 0 spiro atoms. The molecule has 0 aromatic heterocycles. The fraction of sp³-hybridized carbons (Fsp3) is 0.900. The largest absolute Gasteiger partial charge is 0.381 e. The molecule has 1 unspecified atom stereocenters. The van der Waals surface area contributed by atoms with Crippen molar-refractivity contribution in [3.63, 3.8) is 0 Å². The standard InChI is InChI=1S/C10H22N2O2/c1-3-7-14-8-5-6-12-10(13)9(11)4-2/h9H,3-8,11H2,1-2H3,(H,12,13). The maximum atomic E-state index is 11.2. The third-order valence-corrected chi connectivity index (χ3v) is 1.89. The first-order chi connectivity index (χ1) is 6.72. The van der Waals surface area contributed by atoms with E-state index in [1.54, 1.807) is 0 Å². The minimum Gasteiger partial charge on any atom is -0.381 e. The van der Waals surface area contributed by atoms with E-state index in [9.17, 15) is 4.79 Å². The van der Waals surface area contributed by atoms with E-state index in [0.717, 1.165) is 19.4 Å². The molecule has 4 heteroatoms. The molecular formula is C10H22N2O2. The molecule has 0 heterocycles. The molecule has 0 aromatic rings. The molecule has 0 rings (SSSR count). The molecule has 0 bridgehead atoms. The van der Waals surface area contributed by atoms with Crippen molar-refractivity contribution >= 4 is 5.91 Å². The average molecular weight is 202 g/mol. The molecule has 1 atom stereocenters. The van der Waals surface area contributed by atoms with Crippen molar-refractivity contribution in [1.82, 2.24) is 5.32 Å². The number of nitrogens with two attached hydrogens (primary N) is 1. The van der Waals surface area contributed by atoms with E-state index in [1.165, 1.54) is 0 Å². The zero-order valence-electron chi connectivity index (χ0n) is 9.21. The van der Waals surface area contributed by atoms with E-state index >= 15 is 0 Å². The quantitative estimate of drug-likeness (QED) is 0.568. The first-order valence-electron chi connectivity index (χ1n) is 5.33. The topological polar surface area (TPSA) is 64.3 Å². The van der Waals surface area contributed by atoms with Gasteiger partial charge in [0.1, 0.15) is 0 Å². The van der Waals surface area contributed by atoms with Gasteiger partial charge in [-0.3, -0.25) is 4.79 Å². The van der Waals surface area contributed by atoms with Crippen molar-refractivity contribution in [2.24, 2.45) is 5.73 Å². The van der Waals surface area contributed by atoms with E-state index < -0.39 is 0 Å². The average Bonchev–Trinajstić information content (AvgIpc) is 2.21. The second kappa shape index (κ2) is 8.97. The molecule has 4 nitrogen and oxygen atoms in total. The van der Waals surface area contributed by atoms with Crippen LogP contribution in [0.5, 0.6) is 0 Å². The second-order valence-corrected chi connectivity index (χ2v) is 3.27. The number of carbonyl (C=O) groups is 1. The molecule has 3 N–H and O–H groups in total. The number of nitrogens with one attached hydrogen (secondary N) is 1. The highest BCUT2D eigenvalue weighted by Crippen LogP contribution is 1.87. The summed E-state index contributed by atoms with van der Waals surface area (Å²) in [5.41, 5.74) is 5.54. The van der Waals surface area contributed by atoms with Crippen molar-refractivity contribution < 1.29 is 9.53 Å². The van der Waals surface area contributed by atoms with Crippen LogP contribution in [0.2, 0.25) is 0 Å². The Morgan fingerprint density at radius 1 is 1.43 bits per heavy atom. The van der Waals surface area contributed by atoms with Crippen molar-refractivity contribution in [3.05, 3.63) is 0 Å². The van der Waals surface area contributed by atoms with Gasteiger partial charge in [0.25, 0.3) is 0 Å². The number of hydrogen-bond acceptors (Lipinski definition) is 3. The highest BCUT2D eigenvalue weighted by molar-refractivity contribution is 5.81. The van der Waals surface area contributed by atoms with Gasteiger partial charge in [-0.15, -0.1) is 0 Å². The Kier molecular flexibility index (Phi) is 8.57. The summed E-state index contributed by atoms with van der Waals surface area (Å²) in [6.45, 7) is 6.12. The highest BCUT2D eigenvalue weighted by atomic mass is 16.5. The molecule has 0 aliphatic carbocycles. The summed E-state index contributed by atoms with van der Waals surface area (Å²) >= 11 is 0. The van der Waals surface area contributed by atoms with Crippen LogP contribution in [-0.2, 0) is 9.53 Å². The first kappa shape index (κ1) is 13.4. The summed E-state index contributed by atoms with van der Waals surface area (Å²) in [6.07, 6.45) is 2.56. The van der Waals surface area contributed by atoms with Gasteiger partial charge in [0.2, 0.25) is 5.91 Å². The Morgan fingerprint density at radius 2 is 2.14 bits per heavy atom. The lowest BCUT2D eigenvalue weighted by atomic mass is 10.2. The molecule has 0 aliphatic heterocycles. The lowest BCUT2D eigenvalue weighted by Gasteiger charge is -2.09. The van der Waals surface area contributed by atoms with Crippen LogP contribution in [0.25, 0.3) is 0 Å². The third-order valence-electron chi connectivity index (χ3n) is 1.89. The number of ether oxygens (including phenoxy) is 1. The fourth-order valence-corrected chi connectivity index (χ4v) is 0.949. The molecule has 0 saturated carbocycles. The van der Waals surface area contributed by atoms with Crippen molar-refractivity contribution in [1.29, 1.82) is 0 Å². The van der Waals surface area contributed by atoms with Crippen LogP contribution in [0, 0.1) is 0 Å². The van der Waals surface area contributed by atoms with Crippen LogP contribution in [0.3, 0.4) is 0 Å². The van der Waals surface area contributed by atoms with E-state index in [4.69, 9.17) is 10.5 Å². The minimum atomic E-state index is -0.369. The van der Waals surface area contributed by atoms with Gasteiger partial charge in [0.05, 0.1) is 6.04 Å². The summed E-state index contributed by atoms with van der Waals surface area (Å²) in [6, 6.07) is -0.369. The summed E-state index contributed by atoms with van der Waals surface area (Å²) in [5, 5.41) is 2.77. The number of amides is 1. The third kappa shape index (κ3) is 6.86. The van der Waals surface area contributed by atoms with Gasteiger partial charge < -0.3 is 15.8 Å². The van der Waals surface area contributed by atoms with Gasteiger partial charge in [-0.05, 0) is 19.3 Å². The molecule has 14 heavy (non-hydrogen) atoms. The van der Waals surface area contributed by atoms with Gasteiger partial charge in [-0.1, -0.05) is 13.8 Å². The minimum absolute atomic E-state index is 0.0667. The van der Waals surface area contributed by atoms with Gasteiger partial charge >= 0.3 is 0 Å². The van der Waals surface area contributed by atoms with E-state index in [0.29, 0.717) is 19.6 Å². The molecule has 84 valence electrons. The predicted octanol–water partition coefficient (Wildman–Crippen LogP) is 0.657. The second-order valence-electron chi connectivity index (χ2n) is 3.27. The number of carbonyl (C=O) groups excluding carboxylic acids is 1. The Balaban J connectivity index is 3.23. The lowest BCUT2D eigenvalue weighted by molar-refractivity contribution is -0.122. The lowest BCUT2D eigenvalue weighted by Crippen LogP contribution is -2.40. The van der Waals surface area contributed by atoms with E-state index in [1.807, 2.05) is 6.92 Å². The van der Waals surface area contributed by atoms with E-state index in [2.05, 4.69) is 12.2 Å². The maximum Gasteiger partial charge on any atom is 0.236 e. The normalized spacial score (nSPS) is 12.5. The zero-order chi connectivity index (χ0) is 10.8. The molecule has 0 aliphatic rings. The van der Waals surface area contributed by atoms with Crippen molar-refractivity contribution in [2.75, 3.05) is 19.8 Å². The first-order valence-corrected chi connectivity index (χ1v) is 5.33. The monoisotopic (exact) mass is 202 g/mol. The Morgan fingerprint density at radius 3 is 2.71 bits per heavy atom. The van der Waals surface area contributed by atoms with Gasteiger partial charge in [0.15, 0.2) is 0 Å². The van der Waals surface area contributed by atoms with Crippen molar-refractivity contribution in [3.8, 4) is 0 Å². The van der Waals surface area contributed by atoms with Gasteiger partial charge in [-0.25, -0.2) is 0 Å². The smallest absolute Gasteiger partial charge is 0.236 e. The molecule has 0 radical (unpaired) electrons. The molecule has 0 saturated heterocycles. The summed E-state index contributed by atoms with van der Waals surface area (Å²) in [4.78, 5) is 11.2. The zero-order valence-corrected chi connectivity index (χ0v) is 9.21. The number of hydrogen-bond donors (Lipinski definition) is 2. The van der Waals surface area contributed by atoms with E-state index in [-0.39, 0.29) is 11.9 Å². The summed E-state index contributed by atoms with van der Waals surface area (Å²) < 4.78 is 5.27. The predicted molar refractivity (Wildman–Crippen MR) is 57.0 cm³/mol. The molecular weight excluding hydrogens is 180 g/mol. The highest BCUT2D eigenvalue weighted by Gasteiger charge is 2.08. The Labute approximate surface area is 86.2 Å². The maximum absolute atomic E-state index is 11.2. The van der Waals surface area contributed by atoms with Gasteiger partial charge in [0, 0.05) is 19.8 Å². The molecule has 0 aromatic carbocycles. The summed E-state index contributed by atoms with van der Waals surface area (Å²) in [5.74, 6) is -0.0667. The Bertz CT molecular complexity index is 151. The van der Waals surface area contributed by atoms with Crippen LogP contribution in [0.15, 0.2) is 0 Å². The van der Waals surface area contributed by atoms with Crippen LogP contribution >= 0.6 is 0 Å². The SMILES string of the molecule is CCCOCCCNC(=O)C(N)CC. The molecule has 0 fully saturated rings. The van der Waals surface area contributed by atoms with Gasteiger partial charge in [-0.2, -0.15) is 0 Å². The van der Waals surface area contributed by atoms with Crippen LogP contribution in [-0.4, -0.2) is 31.7 Å².